The predicted octanol–water partition coefficient (Wildman–Crippen LogP) is 0.231. The molecule has 0 aliphatic heterocycles. The maximum absolute atomic E-state index is 11.8. The zero-order chi connectivity index (χ0) is 14.3. The average molecular weight is 264 g/mol. The second kappa shape index (κ2) is 7.53. The van der Waals surface area contributed by atoms with Gasteiger partial charge in [-0.15, -0.1) is 0 Å². The van der Waals surface area contributed by atoms with Crippen molar-refractivity contribution in [1.29, 1.82) is 0 Å². The summed E-state index contributed by atoms with van der Waals surface area (Å²) < 4.78 is 0. The SMILES string of the molecule is CC(=O)NC(C)C(=O)N[C@@H](CO)Cc1ccccc1. The molecule has 2 atom stereocenters. The number of rotatable bonds is 6. The Morgan fingerprint density at radius 2 is 1.84 bits per heavy atom. The van der Waals surface area contributed by atoms with Crippen LogP contribution < -0.4 is 10.6 Å². The van der Waals surface area contributed by atoms with Crippen LogP contribution in [0, 0.1) is 0 Å². The van der Waals surface area contributed by atoms with Crippen molar-refractivity contribution in [2.24, 2.45) is 0 Å². The first-order valence-corrected chi connectivity index (χ1v) is 6.25. The highest BCUT2D eigenvalue weighted by molar-refractivity contribution is 5.86. The van der Waals surface area contributed by atoms with Crippen molar-refractivity contribution < 1.29 is 14.7 Å². The lowest BCUT2D eigenvalue weighted by Gasteiger charge is -2.19. The highest BCUT2D eigenvalue weighted by Crippen LogP contribution is 2.03. The molecule has 3 N–H and O–H groups in total. The van der Waals surface area contributed by atoms with Crippen LogP contribution in [0.1, 0.15) is 19.4 Å². The van der Waals surface area contributed by atoms with E-state index in [-0.39, 0.29) is 24.5 Å². The number of aliphatic hydroxyl groups excluding tert-OH is 1. The van der Waals surface area contributed by atoms with Crippen molar-refractivity contribution in [3.05, 3.63) is 35.9 Å². The molecule has 104 valence electrons. The Labute approximate surface area is 113 Å². The largest absolute Gasteiger partial charge is 0.394 e. The molecule has 0 bridgehead atoms. The molecule has 1 aromatic rings. The quantitative estimate of drug-likeness (QED) is 0.688. The zero-order valence-electron chi connectivity index (χ0n) is 11.2. The normalized spacial score (nSPS) is 13.4. The van der Waals surface area contributed by atoms with Gasteiger partial charge in [-0.05, 0) is 18.9 Å². The molecule has 5 heteroatoms. The van der Waals surface area contributed by atoms with Gasteiger partial charge in [0.25, 0.3) is 0 Å². The number of hydrogen-bond acceptors (Lipinski definition) is 3. The van der Waals surface area contributed by atoms with E-state index in [0.717, 1.165) is 5.56 Å². The molecule has 0 aromatic heterocycles. The van der Waals surface area contributed by atoms with Crippen molar-refractivity contribution in [2.75, 3.05) is 6.61 Å². The molecule has 0 fully saturated rings. The van der Waals surface area contributed by atoms with Crippen LogP contribution in [0.15, 0.2) is 30.3 Å². The fourth-order valence-corrected chi connectivity index (χ4v) is 1.76. The molecule has 1 rings (SSSR count). The summed E-state index contributed by atoms with van der Waals surface area (Å²) in [5, 5.41) is 14.5. The number of carbonyl (C=O) groups excluding carboxylic acids is 2. The van der Waals surface area contributed by atoms with E-state index in [1.165, 1.54) is 6.92 Å². The van der Waals surface area contributed by atoms with Gasteiger partial charge in [0.05, 0.1) is 12.6 Å². The van der Waals surface area contributed by atoms with Gasteiger partial charge in [0.2, 0.25) is 11.8 Å². The monoisotopic (exact) mass is 264 g/mol. The first-order valence-electron chi connectivity index (χ1n) is 6.25. The summed E-state index contributed by atoms with van der Waals surface area (Å²) in [6, 6.07) is 8.64. The molecule has 19 heavy (non-hydrogen) atoms. The van der Waals surface area contributed by atoms with Crippen LogP contribution in [0.3, 0.4) is 0 Å². The van der Waals surface area contributed by atoms with Crippen LogP contribution in [-0.4, -0.2) is 35.6 Å². The van der Waals surface area contributed by atoms with E-state index in [9.17, 15) is 14.7 Å². The third-order valence-electron chi connectivity index (χ3n) is 2.70. The smallest absolute Gasteiger partial charge is 0.242 e. The van der Waals surface area contributed by atoms with Crippen LogP contribution in [0.2, 0.25) is 0 Å². The highest BCUT2D eigenvalue weighted by atomic mass is 16.3. The Balaban J connectivity index is 2.52. The van der Waals surface area contributed by atoms with Gasteiger partial charge in [-0.25, -0.2) is 0 Å². The summed E-state index contributed by atoms with van der Waals surface area (Å²) in [6.45, 7) is 2.82. The van der Waals surface area contributed by atoms with Crippen LogP contribution in [0.5, 0.6) is 0 Å². The maximum atomic E-state index is 11.8. The summed E-state index contributed by atoms with van der Waals surface area (Å²) in [5.41, 5.74) is 1.04. The molecule has 0 saturated heterocycles. The molecular formula is C14H20N2O3. The maximum Gasteiger partial charge on any atom is 0.242 e. The predicted molar refractivity (Wildman–Crippen MR) is 72.4 cm³/mol. The minimum atomic E-state index is -0.609. The molecular weight excluding hydrogens is 244 g/mol. The Morgan fingerprint density at radius 3 is 2.37 bits per heavy atom. The number of amides is 2. The first kappa shape index (κ1) is 15.2. The fourth-order valence-electron chi connectivity index (χ4n) is 1.76. The van der Waals surface area contributed by atoms with Gasteiger partial charge in [0.1, 0.15) is 6.04 Å². The second-order valence-electron chi connectivity index (χ2n) is 4.50. The van der Waals surface area contributed by atoms with Crippen molar-refractivity contribution in [2.45, 2.75) is 32.4 Å². The van der Waals surface area contributed by atoms with Gasteiger partial charge < -0.3 is 15.7 Å². The topological polar surface area (TPSA) is 78.4 Å². The lowest BCUT2D eigenvalue weighted by molar-refractivity contribution is -0.128. The molecule has 0 heterocycles. The van der Waals surface area contributed by atoms with Gasteiger partial charge in [-0.3, -0.25) is 9.59 Å². The fraction of sp³-hybridized carbons (Fsp3) is 0.429. The molecule has 0 spiro atoms. The average Bonchev–Trinajstić information content (AvgIpc) is 2.38. The van der Waals surface area contributed by atoms with Crippen molar-refractivity contribution >= 4 is 11.8 Å². The third kappa shape index (κ3) is 5.52. The highest BCUT2D eigenvalue weighted by Gasteiger charge is 2.17. The third-order valence-corrected chi connectivity index (χ3v) is 2.70. The van der Waals surface area contributed by atoms with Crippen molar-refractivity contribution in [3.63, 3.8) is 0 Å². The molecule has 0 radical (unpaired) electrons. The number of nitrogens with one attached hydrogen (secondary N) is 2. The summed E-state index contributed by atoms with van der Waals surface area (Å²) in [4.78, 5) is 22.7. The number of aliphatic hydroxyl groups is 1. The van der Waals surface area contributed by atoms with Crippen molar-refractivity contribution in [1.82, 2.24) is 10.6 Å². The molecule has 1 aromatic carbocycles. The van der Waals surface area contributed by atoms with E-state index >= 15 is 0 Å². The van der Waals surface area contributed by atoms with E-state index in [4.69, 9.17) is 0 Å². The Kier molecular flexibility index (Phi) is 6.02. The number of hydrogen-bond donors (Lipinski definition) is 3. The standard InChI is InChI=1S/C14H20N2O3/c1-10(15-11(2)18)14(19)16-13(9-17)8-12-6-4-3-5-7-12/h3-7,10,13,17H,8-9H2,1-2H3,(H,15,18)(H,16,19)/t10?,13-/m1/s1. The molecule has 2 amide bonds. The molecule has 0 aliphatic rings. The van der Waals surface area contributed by atoms with E-state index in [1.54, 1.807) is 6.92 Å². The van der Waals surface area contributed by atoms with Crippen LogP contribution in [0.4, 0.5) is 0 Å². The second-order valence-corrected chi connectivity index (χ2v) is 4.50. The summed E-state index contributed by atoms with van der Waals surface area (Å²) in [6.07, 6.45) is 0.551. The van der Waals surface area contributed by atoms with E-state index < -0.39 is 6.04 Å². The minimum Gasteiger partial charge on any atom is -0.394 e. The Morgan fingerprint density at radius 1 is 1.21 bits per heavy atom. The molecule has 5 nitrogen and oxygen atoms in total. The summed E-state index contributed by atoms with van der Waals surface area (Å²) >= 11 is 0. The summed E-state index contributed by atoms with van der Waals surface area (Å²) in [5.74, 6) is -0.559. The van der Waals surface area contributed by atoms with Crippen LogP contribution in [0.25, 0.3) is 0 Å². The molecule has 0 aliphatic carbocycles. The number of carbonyl (C=O) groups is 2. The van der Waals surface area contributed by atoms with E-state index in [0.29, 0.717) is 6.42 Å². The molecule has 0 saturated carbocycles. The van der Waals surface area contributed by atoms with E-state index in [2.05, 4.69) is 10.6 Å². The van der Waals surface area contributed by atoms with Gasteiger partial charge in [0.15, 0.2) is 0 Å². The molecule has 1 unspecified atom stereocenters. The van der Waals surface area contributed by atoms with Gasteiger partial charge in [-0.2, -0.15) is 0 Å². The van der Waals surface area contributed by atoms with Gasteiger partial charge in [0, 0.05) is 6.92 Å². The van der Waals surface area contributed by atoms with Crippen molar-refractivity contribution in [3.8, 4) is 0 Å². The zero-order valence-corrected chi connectivity index (χ0v) is 11.2. The van der Waals surface area contributed by atoms with Gasteiger partial charge in [-0.1, -0.05) is 30.3 Å². The van der Waals surface area contributed by atoms with E-state index in [1.807, 2.05) is 30.3 Å². The minimum absolute atomic E-state index is 0.145. The number of benzene rings is 1. The lowest BCUT2D eigenvalue weighted by atomic mass is 10.1. The lowest BCUT2D eigenvalue weighted by Crippen LogP contribution is -2.49. The first-order chi connectivity index (χ1) is 9.02. The van der Waals surface area contributed by atoms with Gasteiger partial charge >= 0.3 is 0 Å². The Hall–Kier alpha value is -1.88. The van der Waals surface area contributed by atoms with Crippen LogP contribution >= 0.6 is 0 Å². The summed E-state index contributed by atoms with van der Waals surface area (Å²) in [7, 11) is 0. The Bertz CT molecular complexity index is 420. The van der Waals surface area contributed by atoms with Crippen LogP contribution in [-0.2, 0) is 16.0 Å².